The Morgan fingerprint density at radius 2 is 2.07 bits per heavy atom. The minimum absolute atomic E-state index is 0.0376. The number of carbonyl (C=O) groups excluding carboxylic acids is 3. The van der Waals surface area contributed by atoms with Gasteiger partial charge in [0.15, 0.2) is 0 Å². The molecule has 29 heavy (non-hydrogen) atoms. The predicted octanol–water partition coefficient (Wildman–Crippen LogP) is 1.95. The van der Waals surface area contributed by atoms with Gasteiger partial charge in [-0.15, -0.1) is 10.2 Å². The quantitative estimate of drug-likeness (QED) is 0.457. The molecule has 4 rings (SSSR count). The van der Waals surface area contributed by atoms with E-state index in [-0.39, 0.29) is 23.7 Å². The van der Waals surface area contributed by atoms with Gasteiger partial charge in [-0.05, 0) is 37.0 Å². The van der Waals surface area contributed by atoms with Crippen molar-refractivity contribution >= 4 is 34.2 Å². The number of hydrogen-bond acceptors (Lipinski definition) is 7. The lowest BCUT2D eigenvalue weighted by Crippen LogP contribution is -2.46. The Kier molecular flexibility index (Phi) is 5.82. The third kappa shape index (κ3) is 4.58. The first-order valence-corrected chi connectivity index (χ1v) is 11.2. The van der Waals surface area contributed by atoms with Crippen LogP contribution in [0.3, 0.4) is 0 Å². The van der Waals surface area contributed by atoms with Gasteiger partial charge in [-0.1, -0.05) is 37.0 Å². The van der Waals surface area contributed by atoms with Crippen LogP contribution >= 0.6 is 11.3 Å². The number of nitrogens with zero attached hydrogens (tertiary/aromatic N) is 3. The van der Waals surface area contributed by atoms with Gasteiger partial charge in [-0.2, -0.15) is 0 Å². The maximum Gasteiger partial charge on any atom is 0.249 e. The molecule has 9 nitrogen and oxygen atoms in total. The molecule has 0 bridgehead atoms. The summed E-state index contributed by atoms with van der Waals surface area (Å²) in [6, 6.07) is -0.558. The number of aromatic nitrogens is 2. The highest BCUT2D eigenvalue weighted by molar-refractivity contribution is 7.13. The van der Waals surface area contributed by atoms with E-state index < -0.39 is 17.9 Å². The van der Waals surface area contributed by atoms with Crippen molar-refractivity contribution in [1.29, 1.82) is 0 Å². The summed E-state index contributed by atoms with van der Waals surface area (Å²) in [5.74, 6) is -1.05. The van der Waals surface area contributed by atoms with E-state index in [1.807, 2.05) is 0 Å². The highest BCUT2D eigenvalue weighted by Crippen LogP contribution is 2.55. The average Bonchev–Trinajstić information content (AvgIpc) is 3.13. The second kappa shape index (κ2) is 8.35. The van der Waals surface area contributed by atoms with Gasteiger partial charge in [0.2, 0.25) is 22.9 Å². The Hall–Kier alpha value is -2.07. The van der Waals surface area contributed by atoms with Crippen LogP contribution in [0.1, 0.15) is 57.8 Å². The molecule has 158 valence electrons. The van der Waals surface area contributed by atoms with Crippen molar-refractivity contribution in [3.05, 3.63) is 5.51 Å². The monoisotopic (exact) mass is 421 g/mol. The lowest BCUT2D eigenvalue weighted by Gasteiger charge is -2.29. The maximum atomic E-state index is 13.5. The van der Waals surface area contributed by atoms with Crippen molar-refractivity contribution < 1.29 is 19.6 Å². The number of likely N-dealkylation sites (tertiary alicyclic amines) is 1. The third-order valence-electron chi connectivity index (χ3n) is 6.64. The minimum Gasteiger partial charge on any atom is -0.330 e. The summed E-state index contributed by atoms with van der Waals surface area (Å²) in [5, 5.41) is 19.7. The minimum atomic E-state index is -0.559. The van der Waals surface area contributed by atoms with Crippen LogP contribution in [0.15, 0.2) is 5.51 Å². The molecule has 1 aromatic rings. The first-order chi connectivity index (χ1) is 14.0. The third-order valence-corrected chi connectivity index (χ3v) is 7.25. The maximum absolute atomic E-state index is 13.5. The zero-order valence-corrected chi connectivity index (χ0v) is 17.1. The highest BCUT2D eigenvalue weighted by atomic mass is 32.1. The van der Waals surface area contributed by atoms with Crippen LogP contribution in [0.4, 0.5) is 5.13 Å². The number of rotatable bonds is 7. The lowest BCUT2D eigenvalue weighted by molar-refractivity contribution is -0.144. The zero-order chi connectivity index (χ0) is 20.4. The molecule has 2 heterocycles. The van der Waals surface area contributed by atoms with Gasteiger partial charge < -0.3 is 4.90 Å². The number of anilines is 1. The molecule has 1 aromatic heterocycles. The van der Waals surface area contributed by atoms with Crippen molar-refractivity contribution in [1.82, 2.24) is 20.6 Å². The molecule has 2 saturated carbocycles. The summed E-state index contributed by atoms with van der Waals surface area (Å²) in [4.78, 5) is 39.9. The molecule has 3 aliphatic rings. The first kappa shape index (κ1) is 20.2. The zero-order valence-electron chi connectivity index (χ0n) is 16.3. The lowest BCUT2D eigenvalue weighted by atomic mass is 9.89. The standard InChI is InChI=1S/C19H27N5O4S/c25-15(23-28)8-13(7-12-3-1-2-4-12)17(27)24-10-19(5-6-19)9-14(24)16(26)21-18-22-20-11-29-18/h11-14,28H,1-10H2,(H,23,25)(H,21,22,26)/t13?,14-/m0/s1. The van der Waals surface area contributed by atoms with Crippen molar-refractivity contribution in [2.75, 3.05) is 11.9 Å². The molecule has 0 radical (unpaired) electrons. The molecule has 1 saturated heterocycles. The van der Waals surface area contributed by atoms with Gasteiger partial charge in [0.1, 0.15) is 11.6 Å². The van der Waals surface area contributed by atoms with Crippen LogP contribution in [-0.4, -0.2) is 50.6 Å². The predicted molar refractivity (Wildman–Crippen MR) is 105 cm³/mol. The van der Waals surface area contributed by atoms with E-state index in [2.05, 4.69) is 15.5 Å². The number of carbonyl (C=O) groups is 3. The summed E-state index contributed by atoms with van der Waals surface area (Å²) in [5.41, 5.74) is 3.24. The Morgan fingerprint density at radius 1 is 1.31 bits per heavy atom. The molecular formula is C19H27N5O4S. The van der Waals surface area contributed by atoms with Crippen LogP contribution in [0, 0.1) is 17.3 Å². The van der Waals surface area contributed by atoms with Gasteiger partial charge in [0.05, 0.1) is 0 Å². The van der Waals surface area contributed by atoms with Gasteiger partial charge in [0, 0.05) is 18.9 Å². The second-order valence-electron chi connectivity index (χ2n) is 8.74. The van der Waals surface area contributed by atoms with Crippen LogP contribution in [0.5, 0.6) is 0 Å². The van der Waals surface area contributed by atoms with Gasteiger partial charge >= 0.3 is 0 Å². The smallest absolute Gasteiger partial charge is 0.249 e. The largest absolute Gasteiger partial charge is 0.330 e. The fourth-order valence-electron chi connectivity index (χ4n) is 4.90. The molecule has 2 atom stereocenters. The van der Waals surface area contributed by atoms with Gasteiger partial charge in [0.25, 0.3) is 0 Å². The number of hydroxylamine groups is 1. The SMILES string of the molecule is O=C(CC(CC1CCCC1)C(=O)N1CC2(CC2)C[C@H]1C(=O)Nc1nncs1)NO. The Bertz CT molecular complexity index is 761. The van der Waals surface area contributed by atoms with E-state index in [0.717, 1.165) is 38.5 Å². The van der Waals surface area contributed by atoms with E-state index in [1.54, 1.807) is 15.9 Å². The molecule has 1 spiro atoms. The first-order valence-electron chi connectivity index (χ1n) is 10.3. The summed E-state index contributed by atoms with van der Waals surface area (Å²) in [6.45, 7) is 0.557. The van der Waals surface area contributed by atoms with Crippen molar-refractivity contribution in [3.63, 3.8) is 0 Å². The van der Waals surface area contributed by atoms with Crippen LogP contribution in [0.25, 0.3) is 0 Å². The number of amides is 3. The molecule has 1 aliphatic heterocycles. The Morgan fingerprint density at radius 3 is 2.69 bits per heavy atom. The Balaban J connectivity index is 1.50. The van der Waals surface area contributed by atoms with Gasteiger partial charge in [-0.25, -0.2) is 5.48 Å². The summed E-state index contributed by atoms with van der Waals surface area (Å²) in [6.07, 6.45) is 7.68. The van der Waals surface area contributed by atoms with Crippen LogP contribution in [-0.2, 0) is 14.4 Å². The van der Waals surface area contributed by atoms with Gasteiger partial charge in [-0.3, -0.25) is 24.9 Å². The molecule has 3 amide bonds. The topological polar surface area (TPSA) is 125 Å². The summed E-state index contributed by atoms with van der Waals surface area (Å²) in [7, 11) is 0. The molecule has 1 unspecified atom stereocenters. The fourth-order valence-corrected chi connectivity index (χ4v) is 5.35. The molecule has 10 heteroatoms. The summed E-state index contributed by atoms with van der Waals surface area (Å²) < 4.78 is 0. The Labute approximate surface area is 173 Å². The highest BCUT2D eigenvalue weighted by Gasteiger charge is 2.55. The molecular weight excluding hydrogens is 394 g/mol. The van der Waals surface area contributed by atoms with E-state index in [9.17, 15) is 14.4 Å². The molecule has 0 aromatic carbocycles. The van der Waals surface area contributed by atoms with E-state index >= 15 is 0 Å². The van der Waals surface area contributed by atoms with Crippen molar-refractivity contribution in [2.24, 2.45) is 17.3 Å². The van der Waals surface area contributed by atoms with E-state index in [4.69, 9.17) is 5.21 Å². The average molecular weight is 422 g/mol. The second-order valence-corrected chi connectivity index (χ2v) is 9.57. The molecule has 3 fully saturated rings. The van der Waals surface area contributed by atoms with Crippen molar-refractivity contribution in [2.45, 2.75) is 63.8 Å². The summed E-state index contributed by atoms with van der Waals surface area (Å²) >= 11 is 1.24. The normalized spacial score (nSPS) is 23.9. The number of nitrogens with one attached hydrogen (secondary N) is 2. The van der Waals surface area contributed by atoms with Crippen LogP contribution in [0.2, 0.25) is 0 Å². The van der Waals surface area contributed by atoms with E-state index in [1.165, 1.54) is 11.3 Å². The van der Waals surface area contributed by atoms with Crippen LogP contribution < -0.4 is 10.8 Å². The number of hydrogen-bond donors (Lipinski definition) is 3. The van der Waals surface area contributed by atoms with Crippen molar-refractivity contribution in [3.8, 4) is 0 Å². The molecule has 3 N–H and O–H groups in total. The fraction of sp³-hybridized carbons (Fsp3) is 0.737. The van der Waals surface area contributed by atoms with E-state index in [0.29, 0.717) is 30.4 Å². The molecule has 2 aliphatic carbocycles.